The number of H-pyrrole nitrogens is 1. The third-order valence-electron chi connectivity index (χ3n) is 6.04. The van der Waals surface area contributed by atoms with Crippen LogP contribution >= 0.6 is 11.6 Å². The minimum Gasteiger partial charge on any atom is -0.346 e. The van der Waals surface area contributed by atoms with Crippen LogP contribution in [-0.4, -0.2) is 20.7 Å². The maximum Gasteiger partial charge on any atom is 0.251 e. The number of pyridine rings is 1. The fourth-order valence-corrected chi connectivity index (χ4v) is 4.40. The van der Waals surface area contributed by atoms with Crippen LogP contribution in [0.25, 0.3) is 10.9 Å². The van der Waals surface area contributed by atoms with Crippen LogP contribution in [0.3, 0.4) is 0 Å². The Balaban J connectivity index is 1.44. The van der Waals surface area contributed by atoms with Crippen LogP contribution in [0.1, 0.15) is 38.3 Å². The van der Waals surface area contributed by atoms with Crippen molar-refractivity contribution in [3.63, 3.8) is 0 Å². The van der Waals surface area contributed by atoms with Crippen LogP contribution in [0.4, 0.5) is 0 Å². The Morgan fingerprint density at radius 2 is 1.86 bits per heavy atom. The number of rotatable bonds is 7. The van der Waals surface area contributed by atoms with Crippen LogP contribution in [0.5, 0.6) is 0 Å². The highest BCUT2D eigenvalue weighted by molar-refractivity contribution is 6.31. The largest absolute Gasteiger partial charge is 0.346 e. The molecule has 0 saturated heterocycles. The average molecular weight is 495 g/mol. The van der Waals surface area contributed by atoms with Gasteiger partial charge < -0.3 is 9.88 Å². The van der Waals surface area contributed by atoms with E-state index >= 15 is 0 Å². The molecule has 0 aliphatic heterocycles. The standard InChI is InChI=1S/C29H23ClN4O2/c1-19-5-4-6-20(13-19)14-21-8-9-22(18-34-12-3-2-7-28(34)35)24(15-21)29(36)31-17-27-25-16-23(30)10-11-26(25)32-33-27/h1-13,15-16H,14,17-18H2,(H,31,36)(H,32,33). The second kappa shape index (κ2) is 10.2. The monoisotopic (exact) mass is 494 g/mol. The summed E-state index contributed by atoms with van der Waals surface area (Å²) >= 11 is 6.15. The zero-order chi connectivity index (χ0) is 25.1. The number of aromatic nitrogens is 3. The molecule has 3 aromatic carbocycles. The summed E-state index contributed by atoms with van der Waals surface area (Å²) in [6.45, 7) is 6.44. The average Bonchev–Trinajstić information content (AvgIpc) is 3.27. The Morgan fingerprint density at radius 3 is 2.69 bits per heavy atom. The first-order valence-corrected chi connectivity index (χ1v) is 11.9. The van der Waals surface area contributed by atoms with Crippen molar-refractivity contribution in [2.45, 2.75) is 19.5 Å². The zero-order valence-corrected chi connectivity index (χ0v) is 20.1. The summed E-state index contributed by atoms with van der Waals surface area (Å²) in [7, 11) is 0. The second-order valence-corrected chi connectivity index (χ2v) is 9.06. The molecule has 2 heterocycles. The molecule has 5 rings (SSSR count). The van der Waals surface area contributed by atoms with E-state index in [1.807, 2.05) is 54.6 Å². The van der Waals surface area contributed by atoms with Crippen molar-refractivity contribution in [3.05, 3.63) is 141 Å². The van der Waals surface area contributed by atoms with Gasteiger partial charge in [-0.3, -0.25) is 14.7 Å². The molecule has 7 heteroatoms. The SMILES string of the molecule is [CH]c1cccc(Cc2ccc(Cn3ccccc3=O)c(C(=O)NCc3n[nH]c4ccc(Cl)cc34)c2)c1. The molecule has 0 unspecified atom stereocenters. The Bertz CT molecular complexity index is 1620. The highest BCUT2D eigenvalue weighted by Gasteiger charge is 2.15. The molecule has 0 saturated carbocycles. The number of amides is 1. The summed E-state index contributed by atoms with van der Waals surface area (Å²) in [5.41, 5.74) is 5.36. The molecule has 36 heavy (non-hydrogen) atoms. The van der Waals surface area contributed by atoms with Gasteiger partial charge >= 0.3 is 0 Å². The molecule has 1 amide bonds. The molecule has 0 aliphatic carbocycles. The normalized spacial score (nSPS) is 11.1. The van der Waals surface area contributed by atoms with Crippen molar-refractivity contribution < 1.29 is 4.79 Å². The molecular weight excluding hydrogens is 472 g/mol. The van der Waals surface area contributed by atoms with Crippen LogP contribution in [-0.2, 0) is 19.5 Å². The zero-order valence-electron chi connectivity index (χ0n) is 19.4. The molecule has 0 bridgehead atoms. The summed E-state index contributed by atoms with van der Waals surface area (Å²) in [5.74, 6) is -0.249. The number of fused-ring (bicyclic) bond motifs is 1. The molecule has 5 aromatic rings. The van der Waals surface area contributed by atoms with Gasteiger partial charge in [0.25, 0.3) is 11.5 Å². The van der Waals surface area contributed by atoms with Crippen molar-refractivity contribution in [1.82, 2.24) is 20.1 Å². The van der Waals surface area contributed by atoms with E-state index in [1.165, 1.54) is 6.07 Å². The molecule has 2 aromatic heterocycles. The van der Waals surface area contributed by atoms with Crippen LogP contribution in [0, 0.1) is 6.92 Å². The molecule has 0 aliphatic rings. The minimum absolute atomic E-state index is 0.132. The molecule has 2 radical (unpaired) electrons. The van der Waals surface area contributed by atoms with Gasteiger partial charge in [0.15, 0.2) is 0 Å². The first-order valence-electron chi connectivity index (χ1n) is 11.5. The predicted octanol–water partition coefficient (Wildman–Crippen LogP) is 5.01. The van der Waals surface area contributed by atoms with Gasteiger partial charge in [-0.15, -0.1) is 0 Å². The number of carbonyl (C=O) groups excluding carboxylic acids is 1. The molecular formula is C29H23ClN4O2. The summed E-state index contributed by atoms with van der Waals surface area (Å²) in [6.07, 6.45) is 2.34. The van der Waals surface area contributed by atoms with E-state index in [-0.39, 0.29) is 24.6 Å². The molecule has 0 atom stereocenters. The van der Waals surface area contributed by atoms with Crippen molar-refractivity contribution in [2.24, 2.45) is 0 Å². The summed E-state index contributed by atoms with van der Waals surface area (Å²) in [5, 5.41) is 11.7. The Hall–Kier alpha value is -4.16. The summed E-state index contributed by atoms with van der Waals surface area (Å²) in [4.78, 5) is 25.7. The number of hydrogen-bond donors (Lipinski definition) is 2. The van der Waals surface area contributed by atoms with E-state index in [0.717, 1.165) is 27.6 Å². The van der Waals surface area contributed by atoms with E-state index in [9.17, 15) is 9.59 Å². The van der Waals surface area contributed by atoms with Crippen molar-refractivity contribution >= 4 is 28.4 Å². The molecule has 0 fully saturated rings. The predicted molar refractivity (Wildman–Crippen MR) is 141 cm³/mol. The first kappa shape index (κ1) is 23.6. The van der Waals surface area contributed by atoms with Crippen molar-refractivity contribution in [1.29, 1.82) is 0 Å². The molecule has 0 spiro atoms. The number of benzene rings is 3. The Labute approximate surface area is 213 Å². The van der Waals surface area contributed by atoms with Crippen LogP contribution in [0.2, 0.25) is 5.02 Å². The van der Waals surface area contributed by atoms with E-state index < -0.39 is 0 Å². The van der Waals surface area contributed by atoms with Crippen molar-refractivity contribution in [2.75, 3.05) is 0 Å². The van der Waals surface area contributed by atoms with Gasteiger partial charge in [0.2, 0.25) is 0 Å². The fourth-order valence-electron chi connectivity index (χ4n) is 4.23. The van der Waals surface area contributed by atoms with Gasteiger partial charge in [-0.1, -0.05) is 54.1 Å². The van der Waals surface area contributed by atoms with E-state index in [1.54, 1.807) is 29.0 Å². The minimum atomic E-state index is -0.249. The maximum atomic E-state index is 13.4. The van der Waals surface area contributed by atoms with E-state index in [2.05, 4.69) is 15.5 Å². The molecule has 6 nitrogen and oxygen atoms in total. The lowest BCUT2D eigenvalue weighted by atomic mass is 9.97. The Morgan fingerprint density at radius 1 is 1.00 bits per heavy atom. The first-order chi connectivity index (χ1) is 17.5. The lowest BCUT2D eigenvalue weighted by molar-refractivity contribution is 0.0949. The van der Waals surface area contributed by atoms with Gasteiger partial charge in [-0.2, -0.15) is 5.10 Å². The molecule has 178 valence electrons. The number of nitrogens with zero attached hydrogens (tertiary/aromatic N) is 2. The smallest absolute Gasteiger partial charge is 0.251 e. The molecule has 2 N–H and O–H groups in total. The lowest BCUT2D eigenvalue weighted by Crippen LogP contribution is -2.26. The van der Waals surface area contributed by atoms with Gasteiger partial charge in [0, 0.05) is 28.2 Å². The number of carbonyl (C=O) groups is 1. The van der Waals surface area contributed by atoms with Crippen LogP contribution in [0.15, 0.2) is 89.9 Å². The number of nitrogens with one attached hydrogen (secondary N) is 2. The second-order valence-electron chi connectivity index (χ2n) is 8.62. The summed E-state index contributed by atoms with van der Waals surface area (Å²) in [6, 6.07) is 23.9. The number of halogens is 1. The van der Waals surface area contributed by atoms with E-state index in [0.29, 0.717) is 28.3 Å². The Kier molecular flexibility index (Phi) is 6.69. The lowest BCUT2D eigenvalue weighted by Gasteiger charge is -2.14. The quantitative estimate of drug-likeness (QED) is 0.334. The van der Waals surface area contributed by atoms with Gasteiger partial charge in [0.1, 0.15) is 0 Å². The number of hydrogen-bond acceptors (Lipinski definition) is 3. The maximum absolute atomic E-state index is 13.4. The third-order valence-corrected chi connectivity index (χ3v) is 6.27. The van der Waals surface area contributed by atoms with E-state index in [4.69, 9.17) is 18.5 Å². The summed E-state index contributed by atoms with van der Waals surface area (Å²) < 4.78 is 1.58. The van der Waals surface area contributed by atoms with Crippen molar-refractivity contribution in [3.8, 4) is 0 Å². The van der Waals surface area contributed by atoms with Gasteiger partial charge in [-0.25, -0.2) is 0 Å². The highest BCUT2D eigenvalue weighted by Crippen LogP contribution is 2.21. The topological polar surface area (TPSA) is 79.8 Å². The fraction of sp³-hybridized carbons (Fsp3) is 0.103. The third kappa shape index (κ3) is 5.24. The number of aromatic amines is 1. The van der Waals surface area contributed by atoms with Crippen LogP contribution < -0.4 is 10.9 Å². The van der Waals surface area contributed by atoms with Gasteiger partial charge in [0.05, 0.1) is 24.3 Å². The highest BCUT2D eigenvalue weighted by atomic mass is 35.5. The van der Waals surface area contributed by atoms with Gasteiger partial charge in [-0.05, 0) is 65.9 Å².